The topological polar surface area (TPSA) is 105 Å². The Morgan fingerprint density at radius 2 is 2.00 bits per heavy atom. The molecule has 0 bridgehead atoms. The number of esters is 1. The summed E-state index contributed by atoms with van der Waals surface area (Å²) in [5, 5.41) is 5.27. The van der Waals surface area contributed by atoms with E-state index in [0.717, 1.165) is 17.0 Å². The minimum atomic E-state index is -0.787. The molecule has 2 aromatic rings. The molecule has 0 radical (unpaired) electrons. The van der Waals surface area contributed by atoms with Crippen molar-refractivity contribution in [2.24, 2.45) is 0 Å². The van der Waals surface area contributed by atoms with Crippen molar-refractivity contribution in [3.05, 3.63) is 48.0 Å². The predicted octanol–water partition coefficient (Wildman–Crippen LogP) is 1.00. The van der Waals surface area contributed by atoms with Gasteiger partial charge < -0.3 is 25.1 Å². The number of imidazole rings is 1. The number of rotatable bonds is 7. The molecule has 2 rings (SSSR count). The molecule has 1 aromatic heterocycles. The summed E-state index contributed by atoms with van der Waals surface area (Å²) in [6.07, 6.45) is 3.44. The lowest BCUT2D eigenvalue weighted by Crippen LogP contribution is -2.47. The van der Waals surface area contributed by atoms with Gasteiger partial charge in [0.1, 0.15) is 11.8 Å². The van der Waals surface area contributed by atoms with E-state index in [1.165, 1.54) is 13.4 Å². The Kier molecular flexibility index (Phi) is 6.18. The van der Waals surface area contributed by atoms with Gasteiger partial charge in [0.15, 0.2) is 0 Å². The molecule has 1 heterocycles. The van der Waals surface area contributed by atoms with Gasteiger partial charge in [-0.15, -0.1) is 0 Å². The van der Waals surface area contributed by atoms with Crippen molar-refractivity contribution in [3.63, 3.8) is 0 Å². The van der Waals surface area contributed by atoms with Crippen LogP contribution in [0.2, 0.25) is 0 Å². The molecule has 3 N–H and O–H groups in total. The van der Waals surface area contributed by atoms with Crippen LogP contribution in [0.1, 0.15) is 11.3 Å². The number of nitrogens with one attached hydrogen (secondary N) is 3. The first-order valence-electron chi connectivity index (χ1n) is 7.34. The first kappa shape index (κ1) is 17.3. The highest BCUT2D eigenvalue weighted by Crippen LogP contribution is 2.13. The van der Waals surface area contributed by atoms with E-state index >= 15 is 0 Å². The Labute approximate surface area is 139 Å². The van der Waals surface area contributed by atoms with Gasteiger partial charge in [-0.25, -0.2) is 14.6 Å². The second-order valence-corrected chi connectivity index (χ2v) is 5.03. The molecule has 128 valence electrons. The van der Waals surface area contributed by atoms with Gasteiger partial charge in [-0.2, -0.15) is 0 Å². The quantitative estimate of drug-likeness (QED) is 0.656. The lowest BCUT2D eigenvalue weighted by atomic mass is 10.1. The molecule has 0 saturated carbocycles. The van der Waals surface area contributed by atoms with E-state index < -0.39 is 18.0 Å². The van der Waals surface area contributed by atoms with Crippen molar-refractivity contribution in [2.75, 3.05) is 14.2 Å². The minimum absolute atomic E-state index is 0.280. The van der Waals surface area contributed by atoms with Crippen LogP contribution in [0, 0.1) is 0 Å². The lowest BCUT2D eigenvalue weighted by molar-refractivity contribution is -0.142. The molecular formula is C16H20N4O4. The molecule has 0 aliphatic heterocycles. The molecular weight excluding hydrogens is 312 g/mol. The number of amides is 2. The fraction of sp³-hybridized carbons (Fsp3) is 0.312. The van der Waals surface area contributed by atoms with Crippen LogP contribution in [0.4, 0.5) is 4.79 Å². The average Bonchev–Trinajstić information content (AvgIpc) is 3.13. The largest absolute Gasteiger partial charge is 0.497 e. The van der Waals surface area contributed by atoms with Crippen molar-refractivity contribution >= 4 is 12.0 Å². The third kappa shape index (κ3) is 5.01. The van der Waals surface area contributed by atoms with Crippen LogP contribution in [0.3, 0.4) is 0 Å². The van der Waals surface area contributed by atoms with Crippen LogP contribution in [0.15, 0.2) is 36.8 Å². The van der Waals surface area contributed by atoms with Crippen LogP contribution in [-0.4, -0.2) is 42.2 Å². The SMILES string of the molecule is COC(=O)[C@H](Cc1ccc(OC)cc1)NC(=O)NCc1cnc[nH]1. The molecule has 0 spiro atoms. The maximum absolute atomic E-state index is 12.0. The Morgan fingerprint density at radius 1 is 1.25 bits per heavy atom. The van der Waals surface area contributed by atoms with Crippen LogP contribution in [0.5, 0.6) is 5.75 Å². The standard InChI is InChI=1S/C16H20N4O4/c1-23-13-5-3-11(4-6-13)7-14(15(21)24-2)20-16(22)18-9-12-8-17-10-19-12/h3-6,8,10,14H,7,9H2,1-2H3,(H,17,19)(H2,18,20,22)/t14-/m0/s1. The van der Waals surface area contributed by atoms with Gasteiger partial charge in [-0.1, -0.05) is 12.1 Å². The third-order valence-electron chi connectivity index (χ3n) is 3.38. The highest BCUT2D eigenvalue weighted by Gasteiger charge is 2.22. The Bertz CT molecular complexity index is 655. The summed E-state index contributed by atoms with van der Waals surface area (Å²) in [6, 6.07) is 6.00. The van der Waals surface area contributed by atoms with Crippen LogP contribution < -0.4 is 15.4 Å². The van der Waals surface area contributed by atoms with E-state index in [1.807, 2.05) is 12.1 Å². The summed E-state index contributed by atoms with van der Waals surface area (Å²) < 4.78 is 9.85. The van der Waals surface area contributed by atoms with E-state index in [4.69, 9.17) is 9.47 Å². The monoisotopic (exact) mass is 332 g/mol. The Morgan fingerprint density at radius 3 is 2.58 bits per heavy atom. The van der Waals surface area contributed by atoms with E-state index in [0.29, 0.717) is 6.42 Å². The molecule has 24 heavy (non-hydrogen) atoms. The van der Waals surface area contributed by atoms with Crippen LogP contribution >= 0.6 is 0 Å². The summed E-state index contributed by atoms with van der Waals surface area (Å²) in [5.74, 6) is 0.209. The van der Waals surface area contributed by atoms with E-state index in [2.05, 4.69) is 20.6 Å². The van der Waals surface area contributed by atoms with Crippen molar-refractivity contribution < 1.29 is 19.1 Å². The molecule has 0 fully saturated rings. The predicted molar refractivity (Wildman–Crippen MR) is 86.5 cm³/mol. The van der Waals surface area contributed by atoms with Crippen molar-refractivity contribution in [1.82, 2.24) is 20.6 Å². The molecule has 0 unspecified atom stereocenters. The molecule has 1 atom stereocenters. The summed E-state index contributed by atoms with van der Waals surface area (Å²) in [6.45, 7) is 0.280. The molecule has 8 heteroatoms. The molecule has 1 aromatic carbocycles. The summed E-state index contributed by atoms with van der Waals surface area (Å²) in [5.41, 5.74) is 1.63. The number of methoxy groups -OCH3 is 2. The number of aromatic nitrogens is 2. The van der Waals surface area contributed by atoms with Crippen LogP contribution in [-0.2, 0) is 22.5 Å². The normalized spacial score (nSPS) is 11.4. The van der Waals surface area contributed by atoms with Crippen LogP contribution in [0.25, 0.3) is 0 Å². The second-order valence-electron chi connectivity index (χ2n) is 5.03. The summed E-state index contributed by atoms with van der Waals surface area (Å²) >= 11 is 0. The smallest absolute Gasteiger partial charge is 0.328 e. The van der Waals surface area contributed by atoms with Gasteiger partial charge in [0.25, 0.3) is 0 Å². The fourth-order valence-corrected chi connectivity index (χ4v) is 2.10. The summed E-state index contributed by atoms with van der Waals surface area (Å²) in [7, 11) is 2.87. The van der Waals surface area contributed by atoms with Gasteiger partial charge in [-0.05, 0) is 17.7 Å². The highest BCUT2D eigenvalue weighted by molar-refractivity contribution is 5.83. The number of hydrogen-bond donors (Lipinski definition) is 3. The molecule has 2 amide bonds. The van der Waals surface area contributed by atoms with Crippen molar-refractivity contribution in [1.29, 1.82) is 0 Å². The average molecular weight is 332 g/mol. The zero-order valence-electron chi connectivity index (χ0n) is 13.5. The number of carbonyl (C=O) groups excluding carboxylic acids is 2. The fourth-order valence-electron chi connectivity index (χ4n) is 2.10. The Balaban J connectivity index is 1.94. The molecule has 0 aliphatic carbocycles. The number of urea groups is 1. The number of carbonyl (C=O) groups is 2. The second kappa shape index (κ2) is 8.56. The van der Waals surface area contributed by atoms with E-state index in [-0.39, 0.29) is 6.54 Å². The van der Waals surface area contributed by atoms with Gasteiger partial charge >= 0.3 is 12.0 Å². The number of aromatic amines is 1. The van der Waals surface area contributed by atoms with E-state index in [1.54, 1.807) is 25.4 Å². The van der Waals surface area contributed by atoms with Gasteiger partial charge in [0.2, 0.25) is 0 Å². The number of hydrogen-bond acceptors (Lipinski definition) is 5. The number of benzene rings is 1. The van der Waals surface area contributed by atoms with Gasteiger partial charge in [0.05, 0.1) is 32.8 Å². The third-order valence-corrected chi connectivity index (χ3v) is 3.38. The first-order valence-corrected chi connectivity index (χ1v) is 7.34. The van der Waals surface area contributed by atoms with Gasteiger partial charge in [0, 0.05) is 12.6 Å². The number of nitrogens with zero attached hydrogens (tertiary/aromatic N) is 1. The van der Waals surface area contributed by atoms with Crippen molar-refractivity contribution in [2.45, 2.75) is 19.0 Å². The lowest BCUT2D eigenvalue weighted by Gasteiger charge is -2.17. The maximum Gasteiger partial charge on any atom is 0.328 e. The minimum Gasteiger partial charge on any atom is -0.497 e. The number of H-pyrrole nitrogens is 1. The highest BCUT2D eigenvalue weighted by atomic mass is 16.5. The van der Waals surface area contributed by atoms with Crippen molar-refractivity contribution in [3.8, 4) is 5.75 Å². The Hall–Kier alpha value is -3.03. The number of ether oxygens (including phenoxy) is 2. The molecule has 0 saturated heterocycles. The zero-order chi connectivity index (χ0) is 17.4. The zero-order valence-corrected chi connectivity index (χ0v) is 13.5. The summed E-state index contributed by atoms with van der Waals surface area (Å²) in [4.78, 5) is 30.6. The van der Waals surface area contributed by atoms with E-state index in [9.17, 15) is 9.59 Å². The molecule has 0 aliphatic rings. The molecule has 8 nitrogen and oxygen atoms in total. The van der Waals surface area contributed by atoms with Gasteiger partial charge in [-0.3, -0.25) is 0 Å². The first-order chi connectivity index (χ1) is 11.6. The maximum atomic E-state index is 12.0.